The molecule has 0 amide bonds. The van der Waals surface area contributed by atoms with Gasteiger partial charge in [0.25, 0.3) is 0 Å². The SMILES string of the molecule is COc1ccc(N)cc1OCc1ccc(Cl)cc1Cl. The van der Waals surface area contributed by atoms with Crippen molar-refractivity contribution >= 4 is 28.9 Å². The summed E-state index contributed by atoms with van der Waals surface area (Å²) in [6.45, 7) is 0.315. The van der Waals surface area contributed by atoms with Crippen LogP contribution in [0.1, 0.15) is 5.56 Å². The van der Waals surface area contributed by atoms with E-state index in [0.717, 1.165) is 5.56 Å². The van der Waals surface area contributed by atoms with Crippen LogP contribution in [0.5, 0.6) is 11.5 Å². The fraction of sp³-hybridized carbons (Fsp3) is 0.143. The van der Waals surface area contributed by atoms with E-state index in [4.69, 9.17) is 38.4 Å². The normalized spacial score (nSPS) is 10.3. The van der Waals surface area contributed by atoms with Gasteiger partial charge in [-0.15, -0.1) is 0 Å². The highest BCUT2D eigenvalue weighted by Crippen LogP contribution is 2.30. The minimum Gasteiger partial charge on any atom is -0.493 e. The van der Waals surface area contributed by atoms with Gasteiger partial charge in [-0.3, -0.25) is 0 Å². The Balaban J connectivity index is 2.16. The van der Waals surface area contributed by atoms with Gasteiger partial charge >= 0.3 is 0 Å². The molecule has 0 spiro atoms. The molecule has 0 radical (unpaired) electrons. The Hall–Kier alpha value is -1.58. The van der Waals surface area contributed by atoms with Crippen molar-refractivity contribution in [2.24, 2.45) is 0 Å². The monoisotopic (exact) mass is 297 g/mol. The fourth-order valence-electron chi connectivity index (χ4n) is 1.60. The minimum absolute atomic E-state index is 0.315. The first-order valence-electron chi connectivity index (χ1n) is 5.60. The van der Waals surface area contributed by atoms with Crippen LogP contribution in [0.4, 0.5) is 5.69 Å². The van der Waals surface area contributed by atoms with Gasteiger partial charge in [0, 0.05) is 27.4 Å². The minimum atomic E-state index is 0.315. The zero-order valence-electron chi connectivity index (χ0n) is 10.3. The molecular weight excluding hydrogens is 285 g/mol. The van der Waals surface area contributed by atoms with Gasteiger partial charge in [0.15, 0.2) is 11.5 Å². The molecule has 2 rings (SSSR count). The number of halogens is 2. The Kier molecular flexibility index (Phi) is 4.40. The molecule has 0 unspecified atom stereocenters. The largest absolute Gasteiger partial charge is 0.493 e. The average Bonchev–Trinajstić information content (AvgIpc) is 2.38. The Labute approximate surface area is 121 Å². The topological polar surface area (TPSA) is 44.5 Å². The first-order valence-corrected chi connectivity index (χ1v) is 6.36. The molecule has 0 saturated carbocycles. The second-order valence-corrected chi connectivity index (χ2v) is 4.78. The van der Waals surface area contributed by atoms with Crippen LogP contribution >= 0.6 is 23.2 Å². The van der Waals surface area contributed by atoms with Crippen molar-refractivity contribution in [2.75, 3.05) is 12.8 Å². The van der Waals surface area contributed by atoms with Crippen molar-refractivity contribution in [3.8, 4) is 11.5 Å². The zero-order valence-corrected chi connectivity index (χ0v) is 11.8. The van der Waals surface area contributed by atoms with Gasteiger partial charge in [0.2, 0.25) is 0 Å². The fourth-order valence-corrected chi connectivity index (χ4v) is 2.06. The molecule has 0 saturated heterocycles. The van der Waals surface area contributed by atoms with Gasteiger partial charge in [-0.1, -0.05) is 29.3 Å². The maximum atomic E-state index is 6.08. The van der Waals surface area contributed by atoms with Gasteiger partial charge in [0.1, 0.15) is 6.61 Å². The average molecular weight is 298 g/mol. The van der Waals surface area contributed by atoms with Crippen LogP contribution in [0.3, 0.4) is 0 Å². The molecule has 3 nitrogen and oxygen atoms in total. The number of hydrogen-bond donors (Lipinski definition) is 1. The third kappa shape index (κ3) is 3.46. The van der Waals surface area contributed by atoms with E-state index in [1.54, 1.807) is 37.4 Å². The molecule has 2 aromatic rings. The number of ether oxygens (including phenoxy) is 2. The van der Waals surface area contributed by atoms with Gasteiger partial charge in [-0.2, -0.15) is 0 Å². The lowest BCUT2D eigenvalue weighted by Gasteiger charge is -2.12. The first kappa shape index (κ1) is 13.8. The summed E-state index contributed by atoms with van der Waals surface area (Å²) in [5, 5.41) is 1.16. The number of nitrogens with two attached hydrogens (primary N) is 1. The highest BCUT2D eigenvalue weighted by Gasteiger charge is 2.07. The zero-order chi connectivity index (χ0) is 13.8. The third-order valence-corrected chi connectivity index (χ3v) is 3.17. The summed E-state index contributed by atoms with van der Waals surface area (Å²) >= 11 is 11.9. The van der Waals surface area contributed by atoms with Crippen molar-refractivity contribution in [3.05, 3.63) is 52.0 Å². The van der Waals surface area contributed by atoms with Gasteiger partial charge in [-0.25, -0.2) is 0 Å². The van der Waals surface area contributed by atoms with Crippen LogP contribution < -0.4 is 15.2 Å². The van der Waals surface area contributed by atoms with E-state index in [9.17, 15) is 0 Å². The number of methoxy groups -OCH3 is 1. The number of hydrogen-bond acceptors (Lipinski definition) is 3. The highest BCUT2D eigenvalue weighted by molar-refractivity contribution is 6.35. The number of anilines is 1. The summed E-state index contributed by atoms with van der Waals surface area (Å²) < 4.78 is 10.9. The van der Waals surface area contributed by atoms with Gasteiger partial charge < -0.3 is 15.2 Å². The van der Waals surface area contributed by atoms with Crippen molar-refractivity contribution in [1.29, 1.82) is 0 Å². The molecule has 19 heavy (non-hydrogen) atoms. The molecule has 0 heterocycles. The molecular formula is C14H13Cl2NO2. The van der Waals surface area contributed by atoms with Crippen LogP contribution in [0.2, 0.25) is 10.0 Å². The van der Waals surface area contributed by atoms with E-state index < -0.39 is 0 Å². The standard InChI is InChI=1S/C14H13Cl2NO2/c1-18-13-5-4-11(17)7-14(13)19-8-9-2-3-10(15)6-12(9)16/h2-7H,8,17H2,1H3. The van der Waals surface area contributed by atoms with Crippen LogP contribution in [0.15, 0.2) is 36.4 Å². The molecule has 0 atom stereocenters. The summed E-state index contributed by atoms with van der Waals surface area (Å²) in [4.78, 5) is 0. The smallest absolute Gasteiger partial charge is 0.163 e. The summed E-state index contributed by atoms with van der Waals surface area (Å²) in [5.41, 5.74) is 7.17. The summed E-state index contributed by atoms with van der Waals surface area (Å²) in [6.07, 6.45) is 0. The molecule has 0 aromatic heterocycles. The predicted octanol–water partition coefficient (Wildman–Crippen LogP) is 4.16. The summed E-state index contributed by atoms with van der Waals surface area (Å²) in [5.74, 6) is 1.20. The lowest BCUT2D eigenvalue weighted by Crippen LogP contribution is -1.99. The number of benzene rings is 2. The van der Waals surface area contributed by atoms with E-state index >= 15 is 0 Å². The molecule has 0 aliphatic rings. The van der Waals surface area contributed by atoms with Crippen LogP contribution in [0, 0.1) is 0 Å². The van der Waals surface area contributed by atoms with E-state index in [-0.39, 0.29) is 0 Å². The van der Waals surface area contributed by atoms with Crippen LogP contribution in [-0.4, -0.2) is 7.11 Å². The predicted molar refractivity (Wildman–Crippen MR) is 78.2 cm³/mol. The lowest BCUT2D eigenvalue weighted by atomic mass is 10.2. The first-order chi connectivity index (χ1) is 9.10. The summed E-state index contributed by atoms with van der Waals surface area (Å²) in [6, 6.07) is 10.5. The molecule has 0 aliphatic heterocycles. The molecule has 5 heteroatoms. The Morgan fingerprint density at radius 3 is 2.53 bits per heavy atom. The Bertz CT molecular complexity index is 588. The lowest BCUT2D eigenvalue weighted by molar-refractivity contribution is 0.285. The molecule has 2 N–H and O–H groups in total. The second-order valence-electron chi connectivity index (χ2n) is 3.93. The molecule has 0 fully saturated rings. The van der Waals surface area contributed by atoms with Crippen molar-refractivity contribution in [3.63, 3.8) is 0 Å². The van der Waals surface area contributed by atoms with Gasteiger partial charge in [0.05, 0.1) is 7.11 Å². The summed E-state index contributed by atoms with van der Waals surface area (Å²) in [7, 11) is 1.58. The van der Waals surface area contributed by atoms with E-state index in [1.807, 2.05) is 6.07 Å². The van der Waals surface area contributed by atoms with Crippen molar-refractivity contribution in [2.45, 2.75) is 6.61 Å². The van der Waals surface area contributed by atoms with Crippen molar-refractivity contribution < 1.29 is 9.47 Å². The number of rotatable bonds is 4. The Morgan fingerprint density at radius 2 is 1.84 bits per heavy atom. The molecule has 2 aromatic carbocycles. The third-order valence-electron chi connectivity index (χ3n) is 2.59. The molecule has 0 bridgehead atoms. The van der Waals surface area contributed by atoms with Gasteiger partial charge in [-0.05, 0) is 24.3 Å². The van der Waals surface area contributed by atoms with Crippen molar-refractivity contribution in [1.82, 2.24) is 0 Å². The molecule has 100 valence electrons. The van der Waals surface area contributed by atoms with Crippen LogP contribution in [0.25, 0.3) is 0 Å². The quantitative estimate of drug-likeness (QED) is 0.862. The Morgan fingerprint density at radius 1 is 1.05 bits per heavy atom. The molecule has 0 aliphatic carbocycles. The van der Waals surface area contributed by atoms with E-state index in [2.05, 4.69) is 0 Å². The van der Waals surface area contributed by atoms with Crippen LogP contribution in [-0.2, 0) is 6.61 Å². The highest BCUT2D eigenvalue weighted by atomic mass is 35.5. The van der Waals surface area contributed by atoms with E-state index in [0.29, 0.717) is 33.8 Å². The maximum absolute atomic E-state index is 6.08. The number of nitrogen functional groups attached to an aromatic ring is 1. The maximum Gasteiger partial charge on any atom is 0.163 e. The van der Waals surface area contributed by atoms with E-state index in [1.165, 1.54) is 0 Å². The second kappa shape index (κ2) is 6.04.